The maximum absolute atomic E-state index is 13.0. The summed E-state index contributed by atoms with van der Waals surface area (Å²) in [6.45, 7) is 2.63. The van der Waals surface area contributed by atoms with Crippen LogP contribution in [0.15, 0.2) is 42.7 Å². The van der Waals surface area contributed by atoms with E-state index in [0.29, 0.717) is 35.3 Å². The first-order valence-electron chi connectivity index (χ1n) is 8.19. The summed E-state index contributed by atoms with van der Waals surface area (Å²) >= 11 is 6.01. The van der Waals surface area contributed by atoms with Crippen LogP contribution in [-0.4, -0.2) is 50.7 Å². The minimum Gasteiger partial charge on any atom is -0.326 e. The highest BCUT2D eigenvalue weighted by molar-refractivity contribution is 6.30. The van der Waals surface area contributed by atoms with Crippen molar-refractivity contribution in [3.8, 4) is 0 Å². The van der Waals surface area contributed by atoms with E-state index in [-0.39, 0.29) is 18.4 Å². The fraction of sp³-hybridized carbons (Fsp3) is 0.222. The van der Waals surface area contributed by atoms with Crippen molar-refractivity contribution in [2.24, 2.45) is 0 Å². The van der Waals surface area contributed by atoms with E-state index in [1.54, 1.807) is 57.8 Å². The molecule has 1 aromatic carbocycles. The molecule has 3 aromatic rings. The van der Waals surface area contributed by atoms with Gasteiger partial charge in [-0.3, -0.25) is 14.0 Å². The number of benzene rings is 1. The molecule has 0 aliphatic carbocycles. The molecule has 1 aliphatic heterocycles. The number of aromatic nitrogens is 3. The number of amides is 2. The average molecular weight is 370 g/mol. The van der Waals surface area contributed by atoms with Crippen molar-refractivity contribution >= 4 is 34.9 Å². The molecule has 1 saturated heterocycles. The molecule has 2 amide bonds. The zero-order valence-corrected chi connectivity index (χ0v) is 14.8. The maximum atomic E-state index is 13.0. The van der Waals surface area contributed by atoms with Crippen molar-refractivity contribution in [1.82, 2.24) is 19.3 Å². The fourth-order valence-electron chi connectivity index (χ4n) is 3.17. The standard InChI is InChI=1S/C18H16ClN5O2/c1-12-16(24-7-3-6-20-18(24)21-12)17(26)22-8-9-23(15(25)11-22)14-5-2-4-13(19)10-14/h2-7,10H,8-9,11H2,1H3. The van der Waals surface area contributed by atoms with Crippen molar-refractivity contribution in [3.05, 3.63) is 59.1 Å². The molecule has 1 aliphatic rings. The van der Waals surface area contributed by atoms with Gasteiger partial charge in [-0.15, -0.1) is 0 Å². The summed E-state index contributed by atoms with van der Waals surface area (Å²) in [4.78, 5) is 37.3. The summed E-state index contributed by atoms with van der Waals surface area (Å²) in [5.41, 5.74) is 1.78. The largest absolute Gasteiger partial charge is 0.326 e. The Labute approximate surface area is 154 Å². The van der Waals surface area contributed by atoms with Gasteiger partial charge in [-0.1, -0.05) is 17.7 Å². The zero-order chi connectivity index (χ0) is 18.3. The molecule has 3 heterocycles. The van der Waals surface area contributed by atoms with E-state index < -0.39 is 0 Å². The van der Waals surface area contributed by atoms with Gasteiger partial charge in [0.2, 0.25) is 11.7 Å². The van der Waals surface area contributed by atoms with Gasteiger partial charge in [0.25, 0.3) is 5.91 Å². The Balaban J connectivity index is 1.58. The first-order chi connectivity index (χ1) is 12.5. The van der Waals surface area contributed by atoms with E-state index in [9.17, 15) is 9.59 Å². The smallest absolute Gasteiger partial charge is 0.273 e. The highest BCUT2D eigenvalue weighted by Gasteiger charge is 2.31. The van der Waals surface area contributed by atoms with Crippen molar-refractivity contribution in [3.63, 3.8) is 0 Å². The second-order valence-electron chi connectivity index (χ2n) is 6.09. The van der Waals surface area contributed by atoms with Gasteiger partial charge in [-0.05, 0) is 31.2 Å². The number of anilines is 1. The molecule has 0 unspecified atom stereocenters. The third-order valence-corrected chi connectivity index (χ3v) is 4.64. The van der Waals surface area contributed by atoms with Crippen LogP contribution in [0.4, 0.5) is 5.69 Å². The molecule has 0 saturated carbocycles. The van der Waals surface area contributed by atoms with Crippen molar-refractivity contribution in [2.75, 3.05) is 24.5 Å². The van der Waals surface area contributed by atoms with Gasteiger partial charge in [-0.25, -0.2) is 9.97 Å². The number of fused-ring (bicyclic) bond motifs is 1. The Kier molecular flexibility index (Phi) is 4.08. The lowest BCUT2D eigenvalue weighted by atomic mass is 10.2. The quantitative estimate of drug-likeness (QED) is 0.694. The number of rotatable bonds is 2. The topological polar surface area (TPSA) is 70.8 Å². The highest BCUT2D eigenvalue weighted by atomic mass is 35.5. The van der Waals surface area contributed by atoms with E-state index in [4.69, 9.17) is 11.6 Å². The molecule has 26 heavy (non-hydrogen) atoms. The molecule has 132 valence electrons. The molecule has 0 radical (unpaired) electrons. The second kappa shape index (κ2) is 6.42. The van der Waals surface area contributed by atoms with E-state index in [1.165, 1.54) is 0 Å². The van der Waals surface area contributed by atoms with Crippen LogP contribution in [0.25, 0.3) is 5.78 Å². The normalized spacial score (nSPS) is 14.9. The van der Waals surface area contributed by atoms with E-state index in [2.05, 4.69) is 9.97 Å². The van der Waals surface area contributed by atoms with Crippen LogP contribution in [0.1, 0.15) is 16.2 Å². The van der Waals surface area contributed by atoms with Crippen LogP contribution >= 0.6 is 11.6 Å². The molecule has 8 heteroatoms. The second-order valence-corrected chi connectivity index (χ2v) is 6.52. The lowest BCUT2D eigenvalue weighted by molar-refractivity contribution is -0.120. The summed E-state index contributed by atoms with van der Waals surface area (Å²) in [5, 5.41) is 0.572. The maximum Gasteiger partial charge on any atom is 0.273 e. The lowest BCUT2D eigenvalue weighted by Gasteiger charge is -2.34. The summed E-state index contributed by atoms with van der Waals surface area (Å²) in [6, 6.07) is 8.89. The van der Waals surface area contributed by atoms with Crippen LogP contribution in [-0.2, 0) is 4.79 Å². The summed E-state index contributed by atoms with van der Waals surface area (Å²) in [6.07, 6.45) is 3.38. The first-order valence-corrected chi connectivity index (χ1v) is 8.57. The number of halogens is 1. The summed E-state index contributed by atoms with van der Waals surface area (Å²) in [7, 11) is 0. The number of hydrogen-bond donors (Lipinski definition) is 0. The molecule has 4 rings (SSSR count). The van der Waals surface area contributed by atoms with Gasteiger partial charge >= 0.3 is 0 Å². The average Bonchev–Trinajstić information content (AvgIpc) is 2.96. The van der Waals surface area contributed by atoms with Gasteiger partial charge in [0.15, 0.2) is 0 Å². The molecule has 0 N–H and O–H groups in total. The van der Waals surface area contributed by atoms with Gasteiger partial charge < -0.3 is 9.80 Å². The van der Waals surface area contributed by atoms with E-state index >= 15 is 0 Å². The summed E-state index contributed by atoms with van der Waals surface area (Å²) < 4.78 is 1.66. The SMILES string of the molecule is Cc1nc2ncccn2c1C(=O)N1CCN(c2cccc(Cl)c2)C(=O)C1. The van der Waals surface area contributed by atoms with E-state index in [1.807, 2.05) is 6.07 Å². The predicted octanol–water partition coefficient (Wildman–Crippen LogP) is 2.18. The Hall–Kier alpha value is -2.93. The number of hydrogen-bond acceptors (Lipinski definition) is 4. The van der Waals surface area contributed by atoms with E-state index in [0.717, 1.165) is 5.69 Å². The van der Waals surface area contributed by atoms with Crippen LogP contribution in [0, 0.1) is 6.92 Å². The molecular formula is C18H16ClN5O2. The van der Waals surface area contributed by atoms with Gasteiger partial charge in [0.05, 0.1) is 5.69 Å². The molecule has 0 atom stereocenters. The Morgan fingerprint density at radius 3 is 2.85 bits per heavy atom. The molecule has 0 spiro atoms. The highest BCUT2D eigenvalue weighted by Crippen LogP contribution is 2.22. The first kappa shape index (κ1) is 16.5. The van der Waals surface area contributed by atoms with Gasteiger partial charge in [0, 0.05) is 36.2 Å². The molecular weight excluding hydrogens is 354 g/mol. The van der Waals surface area contributed by atoms with Crippen LogP contribution in [0.3, 0.4) is 0 Å². The zero-order valence-electron chi connectivity index (χ0n) is 14.1. The fourth-order valence-corrected chi connectivity index (χ4v) is 3.35. The third kappa shape index (κ3) is 2.80. The minimum atomic E-state index is -0.220. The van der Waals surface area contributed by atoms with Crippen molar-refractivity contribution in [2.45, 2.75) is 6.92 Å². The number of aryl methyl sites for hydroxylation is 1. The Morgan fingerprint density at radius 2 is 2.08 bits per heavy atom. The Bertz CT molecular complexity index is 1020. The van der Waals surface area contributed by atoms with Crippen LogP contribution in [0.5, 0.6) is 0 Å². The lowest BCUT2D eigenvalue weighted by Crippen LogP contribution is -2.52. The molecule has 7 nitrogen and oxygen atoms in total. The van der Waals surface area contributed by atoms with Gasteiger partial charge in [-0.2, -0.15) is 0 Å². The predicted molar refractivity (Wildman–Crippen MR) is 97.4 cm³/mol. The number of nitrogens with zero attached hydrogens (tertiary/aromatic N) is 5. The number of imidazole rings is 1. The van der Waals surface area contributed by atoms with Crippen LogP contribution < -0.4 is 4.90 Å². The summed E-state index contributed by atoms with van der Waals surface area (Å²) in [5.74, 6) is 0.107. The monoisotopic (exact) mass is 369 g/mol. The van der Waals surface area contributed by atoms with Gasteiger partial charge in [0.1, 0.15) is 12.2 Å². The number of carbonyl (C=O) groups excluding carboxylic acids is 2. The Morgan fingerprint density at radius 1 is 1.23 bits per heavy atom. The van der Waals surface area contributed by atoms with Crippen molar-refractivity contribution < 1.29 is 9.59 Å². The number of piperazine rings is 1. The van der Waals surface area contributed by atoms with Crippen molar-refractivity contribution in [1.29, 1.82) is 0 Å². The molecule has 2 aromatic heterocycles. The molecule has 1 fully saturated rings. The third-order valence-electron chi connectivity index (χ3n) is 4.41. The number of carbonyl (C=O) groups is 2. The minimum absolute atomic E-state index is 0.0122. The molecule has 0 bridgehead atoms. The van der Waals surface area contributed by atoms with Crippen LogP contribution in [0.2, 0.25) is 5.02 Å².